The number of aryl methyl sites for hydroxylation is 1. The largest absolute Gasteiger partial charge is 0.377 e. The first kappa shape index (κ1) is 14.0. The smallest absolute Gasteiger partial charge is 0.238 e. The Morgan fingerprint density at radius 1 is 1.32 bits per heavy atom. The highest BCUT2D eigenvalue weighted by molar-refractivity contribution is 5.92. The summed E-state index contributed by atoms with van der Waals surface area (Å²) >= 11 is 0. The van der Waals surface area contributed by atoms with E-state index in [1.165, 1.54) is 12.0 Å². The van der Waals surface area contributed by atoms with E-state index in [0.29, 0.717) is 6.54 Å². The highest BCUT2D eigenvalue weighted by Crippen LogP contribution is 2.11. The lowest BCUT2D eigenvalue weighted by Crippen LogP contribution is -2.36. The van der Waals surface area contributed by atoms with Crippen molar-refractivity contribution in [2.45, 2.75) is 32.3 Å². The molecule has 1 aromatic carbocycles. The lowest BCUT2D eigenvalue weighted by molar-refractivity contribution is -0.115. The molecule has 0 radical (unpaired) electrons. The lowest BCUT2D eigenvalue weighted by Gasteiger charge is -2.22. The Hall–Kier alpha value is -1.39. The van der Waals surface area contributed by atoms with Crippen LogP contribution in [0.1, 0.15) is 24.8 Å². The summed E-state index contributed by atoms with van der Waals surface area (Å²) in [7, 11) is 0. The highest BCUT2D eigenvalue weighted by atomic mass is 16.5. The Balaban J connectivity index is 1.65. The molecule has 4 heteroatoms. The van der Waals surface area contributed by atoms with Crippen LogP contribution in [0.5, 0.6) is 0 Å². The molecule has 19 heavy (non-hydrogen) atoms. The van der Waals surface area contributed by atoms with Crippen molar-refractivity contribution >= 4 is 11.6 Å². The molecule has 2 rings (SSSR count). The fourth-order valence-electron chi connectivity index (χ4n) is 2.16. The van der Waals surface area contributed by atoms with Gasteiger partial charge in [0, 0.05) is 18.8 Å². The number of hydrogen-bond acceptors (Lipinski definition) is 3. The molecule has 1 saturated heterocycles. The van der Waals surface area contributed by atoms with E-state index in [2.05, 4.69) is 10.6 Å². The number of nitrogens with one attached hydrogen (secondary N) is 2. The summed E-state index contributed by atoms with van der Waals surface area (Å²) in [6, 6.07) is 7.80. The van der Waals surface area contributed by atoms with Crippen LogP contribution in [-0.2, 0) is 9.53 Å². The molecule has 1 heterocycles. The van der Waals surface area contributed by atoms with Crippen LogP contribution in [0, 0.1) is 6.92 Å². The van der Waals surface area contributed by atoms with Gasteiger partial charge < -0.3 is 15.4 Å². The molecule has 1 aliphatic heterocycles. The number of hydrogen-bond donors (Lipinski definition) is 2. The van der Waals surface area contributed by atoms with Gasteiger partial charge in [-0.2, -0.15) is 0 Å². The van der Waals surface area contributed by atoms with Gasteiger partial charge >= 0.3 is 0 Å². The van der Waals surface area contributed by atoms with Crippen molar-refractivity contribution in [2.24, 2.45) is 0 Å². The van der Waals surface area contributed by atoms with Gasteiger partial charge in [-0.1, -0.05) is 17.7 Å². The molecule has 1 aromatic rings. The number of anilines is 1. The molecular formula is C15H22N2O2. The van der Waals surface area contributed by atoms with Crippen LogP contribution in [0.3, 0.4) is 0 Å². The first-order valence-corrected chi connectivity index (χ1v) is 6.93. The zero-order valence-corrected chi connectivity index (χ0v) is 11.4. The Morgan fingerprint density at radius 3 is 2.79 bits per heavy atom. The maximum absolute atomic E-state index is 11.7. The second kappa shape index (κ2) is 7.26. The molecule has 0 saturated carbocycles. The lowest BCUT2D eigenvalue weighted by atomic mass is 10.1. The van der Waals surface area contributed by atoms with Crippen molar-refractivity contribution in [2.75, 3.05) is 25.0 Å². The zero-order valence-electron chi connectivity index (χ0n) is 11.4. The van der Waals surface area contributed by atoms with Gasteiger partial charge in [-0.3, -0.25) is 4.79 Å². The quantitative estimate of drug-likeness (QED) is 0.854. The summed E-state index contributed by atoms with van der Waals surface area (Å²) in [6.07, 6.45) is 3.74. The Labute approximate surface area is 114 Å². The number of rotatable bonds is 5. The Bertz CT molecular complexity index is 397. The monoisotopic (exact) mass is 262 g/mol. The second-order valence-corrected chi connectivity index (χ2v) is 5.03. The summed E-state index contributed by atoms with van der Waals surface area (Å²) in [5.41, 5.74) is 2.02. The maximum Gasteiger partial charge on any atom is 0.238 e. The average Bonchev–Trinajstić information content (AvgIpc) is 2.43. The first-order valence-electron chi connectivity index (χ1n) is 6.93. The summed E-state index contributed by atoms with van der Waals surface area (Å²) < 4.78 is 5.60. The fourth-order valence-corrected chi connectivity index (χ4v) is 2.16. The minimum Gasteiger partial charge on any atom is -0.377 e. The van der Waals surface area contributed by atoms with Gasteiger partial charge in [-0.25, -0.2) is 0 Å². The van der Waals surface area contributed by atoms with Crippen LogP contribution in [-0.4, -0.2) is 31.7 Å². The van der Waals surface area contributed by atoms with Crippen LogP contribution >= 0.6 is 0 Å². The maximum atomic E-state index is 11.7. The van der Waals surface area contributed by atoms with E-state index in [1.54, 1.807) is 0 Å². The van der Waals surface area contributed by atoms with E-state index in [1.807, 2.05) is 31.2 Å². The van der Waals surface area contributed by atoms with Gasteiger partial charge in [0.25, 0.3) is 0 Å². The molecule has 4 nitrogen and oxygen atoms in total. The third kappa shape index (κ3) is 5.01. The Morgan fingerprint density at radius 2 is 2.11 bits per heavy atom. The minimum absolute atomic E-state index is 0.0142. The van der Waals surface area contributed by atoms with Gasteiger partial charge in [0.1, 0.15) is 0 Å². The number of benzene rings is 1. The Kier molecular flexibility index (Phi) is 5.36. The van der Waals surface area contributed by atoms with Crippen LogP contribution in [0.25, 0.3) is 0 Å². The van der Waals surface area contributed by atoms with E-state index in [9.17, 15) is 4.79 Å². The van der Waals surface area contributed by atoms with E-state index in [0.717, 1.165) is 31.7 Å². The summed E-state index contributed by atoms with van der Waals surface area (Å²) in [6.45, 7) is 3.95. The van der Waals surface area contributed by atoms with Gasteiger partial charge in [0.15, 0.2) is 0 Å². The van der Waals surface area contributed by atoms with Crippen LogP contribution < -0.4 is 10.6 Å². The predicted molar refractivity (Wildman–Crippen MR) is 76.3 cm³/mol. The number of carbonyl (C=O) groups is 1. The third-order valence-corrected chi connectivity index (χ3v) is 3.27. The molecule has 0 bridgehead atoms. The van der Waals surface area contributed by atoms with Crippen LogP contribution in [0.15, 0.2) is 24.3 Å². The van der Waals surface area contributed by atoms with Crippen LogP contribution in [0.2, 0.25) is 0 Å². The molecule has 1 aliphatic rings. The van der Waals surface area contributed by atoms with Gasteiger partial charge in [-0.05, 0) is 38.3 Å². The standard InChI is InChI=1S/C15H22N2O2/c1-12-5-7-13(8-6-12)17-15(18)11-16-10-14-4-2-3-9-19-14/h5-8,14,16H,2-4,9-11H2,1H3,(H,17,18). The second-order valence-electron chi connectivity index (χ2n) is 5.03. The van der Waals surface area contributed by atoms with Crippen molar-refractivity contribution in [1.29, 1.82) is 0 Å². The number of ether oxygens (including phenoxy) is 1. The molecule has 1 unspecified atom stereocenters. The normalized spacial score (nSPS) is 19.1. The van der Waals surface area contributed by atoms with Crippen molar-refractivity contribution < 1.29 is 9.53 Å². The molecule has 0 aromatic heterocycles. The van der Waals surface area contributed by atoms with Crippen molar-refractivity contribution in [1.82, 2.24) is 5.32 Å². The minimum atomic E-state index is -0.0142. The molecule has 0 aliphatic carbocycles. The van der Waals surface area contributed by atoms with Gasteiger partial charge in [-0.15, -0.1) is 0 Å². The molecule has 1 amide bonds. The summed E-state index contributed by atoms with van der Waals surface area (Å²) in [5, 5.41) is 6.01. The van der Waals surface area contributed by atoms with Crippen molar-refractivity contribution in [3.63, 3.8) is 0 Å². The van der Waals surface area contributed by atoms with Crippen molar-refractivity contribution in [3.05, 3.63) is 29.8 Å². The van der Waals surface area contributed by atoms with Gasteiger partial charge in [0.2, 0.25) is 5.91 Å². The first-order chi connectivity index (χ1) is 9.24. The van der Waals surface area contributed by atoms with E-state index in [4.69, 9.17) is 4.74 Å². The highest BCUT2D eigenvalue weighted by Gasteiger charge is 2.13. The van der Waals surface area contributed by atoms with E-state index in [-0.39, 0.29) is 12.0 Å². The molecule has 1 atom stereocenters. The van der Waals surface area contributed by atoms with E-state index < -0.39 is 0 Å². The molecule has 2 N–H and O–H groups in total. The van der Waals surface area contributed by atoms with E-state index >= 15 is 0 Å². The third-order valence-electron chi connectivity index (χ3n) is 3.27. The summed E-state index contributed by atoms with van der Waals surface area (Å²) in [5.74, 6) is -0.0142. The molecule has 1 fully saturated rings. The fraction of sp³-hybridized carbons (Fsp3) is 0.533. The topological polar surface area (TPSA) is 50.4 Å². The molecular weight excluding hydrogens is 240 g/mol. The van der Waals surface area contributed by atoms with Crippen molar-refractivity contribution in [3.8, 4) is 0 Å². The SMILES string of the molecule is Cc1ccc(NC(=O)CNCC2CCCCO2)cc1. The molecule has 104 valence electrons. The van der Waals surface area contributed by atoms with Gasteiger partial charge in [0.05, 0.1) is 12.6 Å². The zero-order chi connectivity index (χ0) is 13.5. The molecule has 0 spiro atoms. The van der Waals surface area contributed by atoms with Crippen LogP contribution in [0.4, 0.5) is 5.69 Å². The summed E-state index contributed by atoms with van der Waals surface area (Å²) in [4.78, 5) is 11.7. The number of amides is 1. The average molecular weight is 262 g/mol. The predicted octanol–water partition coefficient (Wildman–Crippen LogP) is 2.09. The number of carbonyl (C=O) groups excluding carboxylic acids is 1.